The number of thiophene rings is 1. The zero-order chi connectivity index (χ0) is 12.2. The van der Waals surface area contributed by atoms with Gasteiger partial charge in [-0.25, -0.2) is 13.1 Å². The number of rotatable bonds is 4. The van der Waals surface area contributed by atoms with E-state index < -0.39 is 16.1 Å². The zero-order valence-corrected chi connectivity index (χ0v) is 10.1. The number of nitrogens with zero attached hydrogens (tertiary/aromatic N) is 2. The summed E-state index contributed by atoms with van der Waals surface area (Å²) in [5, 5.41) is 17.0. The molecule has 7 heteroatoms. The van der Waals surface area contributed by atoms with Crippen LogP contribution in [0.3, 0.4) is 0 Å². The van der Waals surface area contributed by atoms with Crippen molar-refractivity contribution in [2.75, 3.05) is 0 Å². The summed E-state index contributed by atoms with van der Waals surface area (Å²) < 4.78 is 25.9. The van der Waals surface area contributed by atoms with Crippen LogP contribution >= 0.6 is 11.3 Å². The van der Waals surface area contributed by atoms with E-state index in [0.717, 1.165) is 11.3 Å². The molecule has 0 amide bonds. The lowest BCUT2D eigenvalue weighted by Crippen LogP contribution is -2.31. The molecule has 0 saturated carbocycles. The van der Waals surface area contributed by atoms with Crippen molar-refractivity contribution in [1.29, 1.82) is 10.5 Å². The summed E-state index contributed by atoms with van der Waals surface area (Å²) in [7, 11) is -3.60. The highest BCUT2D eigenvalue weighted by molar-refractivity contribution is 7.91. The minimum atomic E-state index is -3.60. The monoisotopic (exact) mass is 255 g/mol. The number of nitriles is 2. The number of hydrogen-bond acceptors (Lipinski definition) is 5. The Morgan fingerprint density at radius 1 is 1.50 bits per heavy atom. The maximum Gasteiger partial charge on any atom is 0.250 e. The first-order valence-corrected chi connectivity index (χ1v) is 6.69. The molecule has 16 heavy (non-hydrogen) atoms. The first kappa shape index (κ1) is 12.7. The molecule has 0 radical (unpaired) electrons. The molecule has 84 valence electrons. The van der Waals surface area contributed by atoms with Gasteiger partial charge in [0, 0.05) is 6.04 Å². The van der Waals surface area contributed by atoms with Crippen LogP contribution in [0.15, 0.2) is 16.3 Å². The van der Waals surface area contributed by atoms with Gasteiger partial charge in [-0.3, -0.25) is 0 Å². The molecule has 1 aromatic heterocycles. The van der Waals surface area contributed by atoms with Gasteiger partial charge in [-0.05, 0) is 19.1 Å². The maximum absolute atomic E-state index is 11.7. The van der Waals surface area contributed by atoms with Gasteiger partial charge in [-0.15, -0.1) is 11.3 Å². The lowest BCUT2D eigenvalue weighted by molar-refractivity contribution is 0.565. The largest absolute Gasteiger partial charge is 0.250 e. The quantitative estimate of drug-likeness (QED) is 0.874. The maximum atomic E-state index is 11.7. The minimum Gasteiger partial charge on any atom is -0.207 e. The van der Waals surface area contributed by atoms with Gasteiger partial charge in [0.1, 0.15) is 15.2 Å². The second-order valence-corrected chi connectivity index (χ2v) is 6.14. The summed E-state index contributed by atoms with van der Waals surface area (Å²) in [6, 6.07) is 6.14. The second kappa shape index (κ2) is 5.08. The molecule has 1 unspecified atom stereocenters. The van der Waals surface area contributed by atoms with Crippen LogP contribution in [0.5, 0.6) is 0 Å². The van der Waals surface area contributed by atoms with E-state index in [-0.39, 0.29) is 10.6 Å². The smallest absolute Gasteiger partial charge is 0.207 e. The molecule has 1 atom stereocenters. The van der Waals surface area contributed by atoms with Crippen molar-refractivity contribution >= 4 is 21.4 Å². The van der Waals surface area contributed by atoms with Crippen LogP contribution in [0, 0.1) is 22.7 Å². The average Bonchev–Trinajstić information content (AvgIpc) is 2.65. The van der Waals surface area contributed by atoms with Crippen molar-refractivity contribution < 1.29 is 8.42 Å². The van der Waals surface area contributed by atoms with E-state index in [9.17, 15) is 8.42 Å². The van der Waals surface area contributed by atoms with Crippen LogP contribution in [0.2, 0.25) is 0 Å². The van der Waals surface area contributed by atoms with E-state index in [1.165, 1.54) is 12.1 Å². The number of sulfonamides is 1. The molecule has 0 aliphatic rings. The highest BCUT2D eigenvalue weighted by Crippen LogP contribution is 2.20. The van der Waals surface area contributed by atoms with Crippen LogP contribution in [0.25, 0.3) is 0 Å². The van der Waals surface area contributed by atoms with E-state index >= 15 is 0 Å². The first-order chi connectivity index (χ1) is 7.49. The average molecular weight is 255 g/mol. The third-order valence-corrected chi connectivity index (χ3v) is 4.78. The molecule has 1 heterocycles. The topological polar surface area (TPSA) is 93.8 Å². The molecule has 1 N–H and O–H groups in total. The Hall–Kier alpha value is -1.41. The third kappa shape index (κ3) is 3.04. The van der Waals surface area contributed by atoms with Gasteiger partial charge >= 0.3 is 0 Å². The minimum absolute atomic E-state index is 0.0915. The van der Waals surface area contributed by atoms with E-state index in [0.29, 0.717) is 4.88 Å². The van der Waals surface area contributed by atoms with Gasteiger partial charge in [-0.2, -0.15) is 10.5 Å². The lowest BCUT2D eigenvalue weighted by Gasteiger charge is -2.08. The SMILES string of the molecule is CC(CC#N)NS(=O)(=O)c1ccc(C#N)s1. The normalized spacial score (nSPS) is 12.7. The van der Waals surface area contributed by atoms with Crippen molar-refractivity contribution in [2.24, 2.45) is 0 Å². The van der Waals surface area contributed by atoms with Gasteiger partial charge < -0.3 is 0 Å². The fourth-order valence-corrected chi connectivity index (χ4v) is 3.39. The number of hydrogen-bond donors (Lipinski definition) is 1. The molecule has 1 rings (SSSR count). The molecule has 0 aliphatic heterocycles. The Balaban J connectivity index is 2.87. The summed E-state index contributed by atoms with van der Waals surface area (Å²) in [6.07, 6.45) is 0.107. The van der Waals surface area contributed by atoms with Gasteiger partial charge in [0.25, 0.3) is 0 Å². The molecule has 0 saturated heterocycles. The van der Waals surface area contributed by atoms with Crippen molar-refractivity contribution in [1.82, 2.24) is 4.72 Å². The van der Waals surface area contributed by atoms with E-state index in [4.69, 9.17) is 10.5 Å². The van der Waals surface area contributed by atoms with Gasteiger partial charge in [0.05, 0.1) is 12.5 Å². The molecular weight excluding hydrogens is 246 g/mol. The van der Waals surface area contributed by atoms with Crippen LogP contribution in [0.4, 0.5) is 0 Å². The van der Waals surface area contributed by atoms with E-state index in [2.05, 4.69) is 4.72 Å². The first-order valence-electron chi connectivity index (χ1n) is 4.39. The van der Waals surface area contributed by atoms with Crippen molar-refractivity contribution in [3.8, 4) is 12.1 Å². The summed E-state index contributed by atoms with van der Waals surface area (Å²) in [5.41, 5.74) is 0. The Kier molecular flexibility index (Phi) is 4.02. The van der Waals surface area contributed by atoms with Gasteiger partial charge in [0.2, 0.25) is 10.0 Å². The molecule has 0 spiro atoms. The van der Waals surface area contributed by atoms with Crippen LogP contribution in [-0.2, 0) is 10.0 Å². The third-order valence-electron chi connectivity index (χ3n) is 1.71. The van der Waals surface area contributed by atoms with Gasteiger partial charge in [0.15, 0.2) is 0 Å². The predicted octanol–water partition coefficient (Wildman–Crippen LogP) is 1.20. The van der Waals surface area contributed by atoms with Crippen molar-refractivity contribution in [2.45, 2.75) is 23.6 Å². The molecular formula is C9H9N3O2S2. The molecule has 5 nitrogen and oxygen atoms in total. The zero-order valence-electron chi connectivity index (χ0n) is 8.47. The Morgan fingerprint density at radius 3 is 2.69 bits per heavy atom. The molecule has 0 aliphatic carbocycles. The predicted molar refractivity (Wildman–Crippen MR) is 59.0 cm³/mol. The highest BCUT2D eigenvalue weighted by atomic mass is 32.2. The van der Waals surface area contributed by atoms with Crippen LogP contribution in [0.1, 0.15) is 18.2 Å². The summed E-state index contributed by atoms with van der Waals surface area (Å²) in [5.74, 6) is 0. The fraction of sp³-hybridized carbons (Fsp3) is 0.333. The Labute approximate surface area is 98.0 Å². The standard InChI is InChI=1S/C9H9N3O2S2/c1-7(4-5-10)12-16(13,14)9-3-2-8(6-11)15-9/h2-3,7,12H,4H2,1H3. The highest BCUT2D eigenvalue weighted by Gasteiger charge is 2.19. The van der Waals surface area contributed by atoms with E-state index in [1.807, 2.05) is 12.1 Å². The molecule has 0 aromatic carbocycles. The summed E-state index contributed by atoms with van der Waals surface area (Å²) in [6.45, 7) is 1.61. The molecule has 0 bridgehead atoms. The Morgan fingerprint density at radius 2 is 2.19 bits per heavy atom. The lowest BCUT2D eigenvalue weighted by atomic mass is 10.3. The summed E-state index contributed by atoms with van der Waals surface area (Å²) in [4.78, 5) is 0.341. The Bertz CT molecular complexity index is 548. The number of nitrogens with one attached hydrogen (secondary N) is 1. The fourth-order valence-electron chi connectivity index (χ4n) is 1.03. The van der Waals surface area contributed by atoms with Crippen LogP contribution in [-0.4, -0.2) is 14.5 Å². The molecule has 1 aromatic rings. The molecule has 0 fully saturated rings. The van der Waals surface area contributed by atoms with Crippen LogP contribution < -0.4 is 4.72 Å². The van der Waals surface area contributed by atoms with Crippen molar-refractivity contribution in [3.63, 3.8) is 0 Å². The van der Waals surface area contributed by atoms with E-state index in [1.54, 1.807) is 6.92 Å². The van der Waals surface area contributed by atoms with Gasteiger partial charge in [-0.1, -0.05) is 0 Å². The summed E-state index contributed by atoms with van der Waals surface area (Å²) >= 11 is 0.905. The van der Waals surface area contributed by atoms with Crippen molar-refractivity contribution in [3.05, 3.63) is 17.0 Å². The second-order valence-electron chi connectivity index (χ2n) is 3.12.